The van der Waals surface area contributed by atoms with Crippen LogP contribution >= 0.6 is 22.7 Å². The van der Waals surface area contributed by atoms with E-state index in [2.05, 4.69) is 36.1 Å². The molecule has 0 unspecified atom stereocenters. The number of thiophene rings is 1. The van der Waals surface area contributed by atoms with Crippen LogP contribution in [0.3, 0.4) is 0 Å². The third-order valence-electron chi connectivity index (χ3n) is 2.55. The second kappa shape index (κ2) is 6.41. The van der Waals surface area contributed by atoms with Crippen molar-refractivity contribution in [1.29, 1.82) is 0 Å². The van der Waals surface area contributed by atoms with E-state index in [4.69, 9.17) is 0 Å². The van der Waals surface area contributed by atoms with Gasteiger partial charge in [0.1, 0.15) is 22.5 Å². The summed E-state index contributed by atoms with van der Waals surface area (Å²) < 4.78 is 0. The number of nitrogens with zero attached hydrogens (tertiary/aromatic N) is 4. The molecule has 0 aromatic carbocycles. The van der Waals surface area contributed by atoms with Gasteiger partial charge in [-0.2, -0.15) is 0 Å². The lowest BCUT2D eigenvalue weighted by Gasteiger charge is -2.07. The van der Waals surface area contributed by atoms with E-state index in [1.54, 1.807) is 16.8 Å². The summed E-state index contributed by atoms with van der Waals surface area (Å²) in [6.45, 7) is 1.02. The molecule has 2 amide bonds. The van der Waals surface area contributed by atoms with Crippen LogP contribution in [0, 0.1) is 0 Å². The van der Waals surface area contributed by atoms with Crippen molar-refractivity contribution in [2.75, 3.05) is 23.7 Å². The summed E-state index contributed by atoms with van der Waals surface area (Å²) in [6.07, 6.45) is 1.52. The lowest BCUT2D eigenvalue weighted by atomic mass is 10.4. The summed E-state index contributed by atoms with van der Waals surface area (Å²) in [4.78, 5) is 20.9. The van der Waals surface area contributed by atoms with E-state index in [1.165, 1.54) is 17.7 Å². The Labute approximate surface area is 127 Å². The van der Waals surface area contributed by atoms with Gasteiger partial charge in [0.05, 0.1) is 5.39 Å². The Hall–Kier alpha value is -2.33. The van der Waals surface area contributed by atoms with Crippen LogP contribution in [-0.2, 0) is 0 Å². The predicted octanol–water partition coefficient (Wildman–Crippen LogP) is 1.78. The van der Waals surface area contributed by atoms with Gasteiger partial charge in [0, 0.05) is 13.1 Å². The first-order valence-corrected chi connectivity index (χ1v) is 7.82. The molecule has 3 aromatic rings. The van der Waals surface area contributed by atoms with Gasteiger partial charge in [-0.3, -0.25) is 5.32 Å². The maximum atomic E-state index is 11.6. The molecule has 0 bridgehead atoms. The Kier molecular flexibility index (Phi) is 4.17. The molecule has 0 aliphatic carbocycles. The standard InChI is InChI=1S/C11H11N7OS2/c19-10(17-11-18-16-6-21-11)13-3-2-12-8-7-1-4-20-9(7)15-5-14-8/h1,4-6H,2-3H2,(H,12,14,15)(H2,13,17,18,19). The summed E-state index contributed by atoms with van der Waals surface area (Å²) in [6, 6.07) is 1.66. The number of carbonyl (C=O) groups is 1. The molecule has 0 aliphatic rings. The Bertz CT molecular complexity index is 727. The average Bonchev–Trinajstić information content (AvgIpc) is 3.14. The molecule has 3 N–H and O–H groups in total. The Morgan fingerprint density at radius 1 is 1.24 bits per heavy atom. The quantitative estimate of drug-likeness (QED) is 0.619. The average molecular weight is 321 g/mol. The highest BCUT2D eigenvalue weighted by Gasteiger charge is 2.05. The number of anilines is 2. The number of hydrogen-bond acceptors (Lipinski definition) is 8. The molecular weight excluding hydrogens is 310 g/mol. The number of fused-ring (bicyclic) bond motifs is 1. The summed E-state index contributed by atoms with van der Waals surface area (Å²) in [5, 5.41) is 19.3. The number of rotatable bonds is 5. The maximum absolute atomic E-state index is 11.6. The van der Waals surface area contributed by atoms with E-state index in [0.717, 1.165) is 16.0 Å². The molecule has 3 heterocycles. The van der Waals surface area contributed by atoms with Crippen LogP contribution in [0.15, 0.2) is 23.3 Å². The minimum atomic E-state index is -0.308. The minimum Gasteiger partial charge on any atom is -0.368 e. The molecule has 8 nitrogen and oxygen atoms in total. The molecule has 0 saturated heterocycles. The van der Waals surface area contributed by atoms with E-state index >= 15 is 0 Å². The predicted molar refractivity (Wildman–Crippen MR) is 82.8 cm³/mol. The van der Waals surface area contributed by atoms with Crippen LogP contribution < -0.4 is 16.0 Å². The van der Waals surface area contributed by atoms with Gasteiger partial charge in [0.2, 0.25) is 5.13 Å². The highest BCUT2D eigenvalue weighted by Crippen LogP contribution is 2.23. The van der Waals surface area contributed by atoms with Crippen LogP contribution in [0.25, 0.3) is 10.2 Å². The highest BCUT2D eigenvalue weighted by molar-refractivity contribution is 7.16. The third kappa shape index (κ3) is 3.41. The number of urea groups is 1. The normalized spacial score (nSPS) is 10.5. The van der Waals surface area contributed by atoms with Crippen molar-refractivity contribution in [1.82, 2.24) is 25.5 Å². The molecule has 0 saturated carbocycles. The molecular formula is C11H11N7OS2. The van der Waals surface area contributed by atoms with Crippen molar-refractivity contribution in [3.63, 3.8) is 0 Å². The van der Waals surface area contributed by atoms with E-state index in [-0.39, 0.29) is 6.03 Å². The monoisotopic (exact) mass is 321 g/mol. The molecule has 0 aliphatic heterocycles. The molecule has 21 heavy (non-hydrogen) atoms. The molecule has 0 fully saturated rings. The van der Waals surface area contributed by atoms with Crippen LogP contribution in [0.2, 0.25) is 0 Å². The Balaban J connectivity index is 1.46. The van der Waals surface area contributed by atoms with Crippen molar-refractivity contribution in [2.24, 2.45) is 0 Å². The van der Waals surface area contributed by atoms with Crippen LogP contribution in [0.1, 0.15) is 0 Å². The van der Waals surface area contributed by atoms with Crippen LogP contribution in [-0.4, -0.2) is 39.3 Å². The first kappa shape index (κ1) is 13.6. The van der Waals surface area contributed by atoms with Gasteiger partial charge in [-0.25, -0.2) is 14.8 Å². The second-order valence-electron chi connectivity index (χ2n) is 3.91. The van der Waals surface area contributed by atoms with Gasteiger partial charge in [-0.1, -0.05) is 11.3 Å². The van der Waals surface area contributed by atoms with Gasteiger partial charge < -0.3 is 10.6 Å². The van der Waals surface area contributed by atoms with Gasteiger partial charge >= 0.3 is 6.03 Å². The molecule has 108 valence electrons. The maximum Gasteiger partial charge on any atom is 0.321 e. The zero-order valence-electron chi connectivity index (χ0n) is 10.7. The van der Waals surface area contributed by atoms with Crippen molar-refractivity contribution >= 4 is 49.9 Å². The number of aromatic nitrogens is 4. The van der Waals surface area contributed by atoms with E-state index in [0.29, 0.717) is 18.2 Å². The fourth-order valence-electron chi connectivity index (χ4n) is 1.66. The zero-order valence-corrected chi connectivity index (χ0v) is 12.4. The fraction of sp³-hybridized carbons (Fsp3) is 0.182. The smallest absolute Gasteiger partial charge is 0.321 e. The fourth-order valence-corrected chi connectivity index (χ4v) is 2.83. The SMILES string of the molecule is O=C(NCCNc1ncnc2sccc12)Nc1nncs1. The largest absolute Gasteiger partial charge is 0.368 e. The Morgan fingerprint density at radius 3 is 3.05 bits per heavy atom. The number of amides is 2. The molecule has 10 heteroatoms. The minimum absolute atomic E-state index is 0.308. The Morgan fingerprint density at radius 2 is 2.19 bits per heavy atom. The lowest BCUT2D eigenvalue weighted by molar-refractivity contribution is 0.252. The highest BCUT2D eigenvalue weighted by atomic mass is 32.1. The number of carbonyl (C=O) groups excluding carboxylic acids is 1. The van der Waals surface area contributed by atoms with Crippen LogP contribution in [0.4, 0.5) is 15.7 Å². The first-order valence-electron chi connectivity index (χ1n) is 6.06. The summed E-state index contributed by atoms with van der Waals surface area (Å²) in [7, 11) is 0. The van der Waals surface area contributed by atoms with Gasteiger partial charge in [-0.05, 0) is 11.4 Å². The first-order chi connectivity index (χ1) is 10.3. The molecule has 0 atom stereocenters. The van der Waals surface area contributed by atoms with Gasteiger partial charge in [0.15, 0.2) is 0 Å². The molecule has 3 aromatic heterocycles. The van der Waals surface area contributed by atoms with Crippen LogP contribution in [0.5, 0.6) is 0 Å². The summed E-state index contributed by atoms with van der Waals surface area (Å²) in [5.74, 6) is 0.771. The zero-order chi connectivity index (χ0) is 14.5. The van der Waals surface area contributed by atoms with E-state index < -0.39 is 0 Å². The second-order valence-corrected chi connectivity index (χ2v) is 5.64. The van der Waals surface area contributed by atoms with Gasteiger partial charge in [0.25, 0.3) is 0 Å². The molecule has 0 radical (unpaired) electrons. The third-order valence-corrected chi connectivity index (χ3v) is 3.97. The van der Waals surface area contributed by atoms with Crippen molar-refractivity contribution in [3.05, 3.63) is 23.3 Å². The van der Waals surface area contributed by atoms with Crippen molar-refractivity contribution in [2.45, 2.75) is 0 Å². The van der Waals surface area contributed by atoms with E-state index in [9.17, 15) is 4.79 Å². The molecule has 0 spiro atoms. The topological polar surface area (TPSA) is 105 Å². The summed E-state index contributed by atoms with van der Waals surface area (Å²) >= 11 is 2.83. The van der Waals surface area contributed by atoms with Crippen molar-refractivity contribution in [3.8, 4) is 0 Å². The van der Waals surface area contributed by atoms with Crippen molar-refractivity contribution < 1.29 is 4.79 Å². The summed E-state index contributed by atoms with van der Waals surface area (Å²) in [5.41, 5.74) is 1.55. The van der Waals surface area contributed by atoms with E-state index in [1.807, 2.05) is 11.4 Å². The van der Waals surface area contributed by atoms with Gasteiger partial charge in [-0.15, -0.1) is 21.5 Å². The lowest BCUT2D eigenvalue weighted by Crippen LogP contribution is -2.32. The molecule has 3 rings (SSSR count). The number of hydrogen-bond donors (Lipinski definition) is 3. The number of nitrogens with one attached hydrogen (secondary N) is 3.